The minimum Gasteiger partial charge on any atom is -0.486 e. The highest BCUT2D eigenvalue weighted by Crippen LogP contribution is 2.13. The first-order chi connectivity index (χ1) is 8.66. The van der Waals surface area contributed by atoms with Crippen molar-refractivity contribution in [2.45, 2.75) is 26.5 Å². The van der Waals surface area contributed by atoms with Crippen LogP contribution in [0, 0.1) is 6.92 Å². The summed E-state index contributed by atoms with van der Waals surface area (Å²) in [5.41, 5.74) is 7.70. The van der Waals surface area contributed by atoms with Gasteiger partial charge in [0.1, 0.15) is 12.4 Å². The highest BCUT2D eigenvalue weighted by atomic mass is 16.5. The number of ether oxygens (including phenoxy) is 1. The lowest BCUT2D eigenvalue weighted by Crippen LogP contribution is -2.11. The van der Waals surface area contributed by atoms with Gasteiger partial charge in [0, 0.05) is 23.5 Å². The third kappa shape index (κ3) is 3.05. The quantitative estimate of drug-likeness (QED) is 0.895. The Hall–Kier alpha value is -1.94. The summed E-state index contributed by atoms with van der Waals surface area (Å²) in [6, 6.07) is 9.58. The summed E-state index contributed by atoms with van der Waals surface area (Å²) in [6.07, 6.45) is 1.77. The number of para-hydroxylation sites is 1. The smallest absolute Gasteiger partial charge is 0.166 e. The van der Waals surface area contributed by atoms with Crippen molar-refractivity contribution in [3.63, 3.8) is 0 Å². The molecule has 4 heteroatoms. The van der Waals surface area contributed by atoms with E-state index in [1.807, 2.05) is 44.2 Å². The van der Waals surface area contributed by atoms with Gasteiger partial charge in [-0.05, 0) is 26.0 Å². The second kappa shape index (κ2) is 5.60. The van der Waals surface area contributed by atoms with Crippen LogP contribution in [0.5, 0.6) is 5.75 Å². The second-order valence-corrected chi connectivity index (χ2v) is 4.22. The molecule has 0 aliphatic heterocycles. The lowest BCUT2D eigenvalue weighted by molar-refractivity contribution is 0.295. The largest absolute Gasteiger partial charge is 0.486 e. The van der Waals surface area contributed by atoms with Gasteiger partial charge in [-0.1, -0.05) is 18.2 Å². The molecule has 0 unspecified atom stereocenters. The van der Waals surface area contributed by atoms with E-state index >= 15 is 0 Å². The Labute approximate surface area is 107 Å². The van der Waals surface area contributed by atoms with E-state index in [1.165, 1.54) is 0 Å². The van der Waals surface area contributed by atoms with Crippen LogP contribution < -0.4 is 10.5 Å². The normalized spacial score (nSPS) is 12.2. The zero-order valence-corrected chi connectivity index (χ0v) is 10.6. The maximum Gasteiger partial charge on any atom is 0.166 e. The van der Waals surface area contributed by atoms with E-state index in [2.05, 4.69) is 9.97 Å². The van der Waals surface area contributed by atoms with Crippen molar-refractivity contribution in [3.05, 3.63) is 53.6 Å². The monoisotopic (exact) mass is 243 g/mol. The average Bonchev–Trinajstić information content (AvgIpc) is 2.37. The first kappa shape index (κ1) is 12.5. The molecular weight excluding hydrogens is 226 g/mol. The first-order valence-electron chi connectivity index (χ1n) is 5.92. The summed E-state index contributed by atoms with van der Waals surface area (Å²) in [6.45, 7) is 4.22. The maximum absolute atomic E-state index is 5.82. The summed E-state index contributed by atoms with van der Waals surface area (Å²) in [7, 11) is 0. The van der Waals surface area contributed by atoms with Crippen LogP contribution in [0.25, 0.3) is 0 Å². The fourth-order valence-corrected chi connectivity index (χ4v) is 1.71. The molecule has 0 aliphatic carbocycles. The molecule has 94 valence electrons. The molecule has 1 aromatic heterocycles. The van der Waals surface area contributed by atoms with Gasteiger partial charge < -0.3 is 10.5 Å². The predicted octanol–water partition coefficient (Wildman–Crippen LogP) is 2.38. The van der Waals surface area contributed by atoms with Crippen LogP contribution in [0.2, 0.25) is 0 Å². The third-order valence-electron chi connectivity index (χ3n) is 2.67. The van der Waals surface area contributed by atoms with E-state index < -0.39 is 0 Å². The zero-order chi connectivity index (χ0) is 13.0. The number of hydrogen-bond acceptors (Lipinski definition) is 4. The van der Waals surface area contributed by atoms with Crippen LogP contribution in [0.3, 0.4) is 0 Å². The molecule has 0 aliphatic rings. The maximum atomic E-state index is 5.82. The molecule has 0 fully saturated rings. The molecular formula is C14H17N3O. The van der Waals surface area contributed by atoms with E-state index in [1.54, 1.807) is 6.20 Å². The molecule has 1 heterocycles. The molecule has 1 atom stereocenters. The van der Waals surface area contributed by atoms with Gasteiger partial charge in [-0.25, -0.2) is 9.97 Å². The van der Waals surface area contributed by atoms with Crippen molar-refractivity contribution in [1.82, 2.24) is 9.97 Å². The van der Waals surface area contributed by atoms with Gasteiger partial charge >= 0.3 is 0 Å². The van der Waals surface area contributed by atoms with Crippen molar-refractivity contribution < 1.29 is 4.74 Å². The number of aryl methyl sites for hydroxylation is 1. The average molecular weight is 243 g/mol. The van der Waals surface area contributed by atoms with Gasteiger partial charge in [0.05, 0.1) is 0 Å². The fraction of sp³-hybridized carbons (Fsp3) is 0.286. The van der Waals surface area contributed by atoms with Gasteiger partial charge in [-0.3, -0.25) is 0 Å². The Morgan fingerprint density at radius 2 is 2.00 bits per heavy atom. The Morgan fingerprint density at radius 3 is 2.61 bits per heavy atom. The molecule has 1 aromatic carbocycles. The molecule has 2 rings (SSSR count). The lowest BCUT2D eigenvalue weighted by Gasteiger charge is -2.10. The molecule has 4 nitrogen and oxygen atoms in total. The number of benzene rings is 1. The minimum absolute atomic E-state index is 0.0471. The fourth-order valence-electron chi connectivity index (χ4n) is 1.71. The zero-order valence-electron chi connectivity index (χ0n) is 10.6. The van der Waals surface area contributed by atoms with E-state index in [9.17, 15) is 0 Å². The van der Waals surface area contributed by atoms with E-state index in [0.717, 1.165) is 17.0 Å². The Balaban J connectivity index is 2.05. The predicted molar refractivity (Wildman–Crippen MR) is 70.1 cm³/mol. The highest BCUT2D eigenvalue weighted by Gasteiger charge is 2.07. The van der Waals surface area contributed by atoms with E-state index in [4.69, 9.17) is 10.5 Å². The van der Waals surface area contributed by atoms with Crippen molar-refractivity contribution >= 4 is 0 Å². The van der Waals surface area contributed by atoms with Crippen molar-refractivity contribution in [1.29, 1.82) is 0 Å². The van der Waals surface area contributed by atoms with E-state index in [0.29, 0.717) is 12.4 Å². The van der Waals surface area contributed by atoms with Gasteiger partial charge in [-0.15, -0.1) is 0 Å². The molecule has 18 heavy (non-hydrogen) atoms. The topological polar surface area (TPSA) is 61.0 Å². The van der Waals surface area contributed by atoms with Crippen LogP contribution in [-0.2, 0) is 6.61 Å². The van der Waals surface area contributed by atoms with Gasteiger partial charge in [0.15, 0.2) is 5.82 Å². The first-order valence-corrected chi connectivity index (χ1v) is 5.92. The van der Waals surface area contributed by atoms with Crippen LogP contribution in [0.1, 0.15) is 30.0 Å². The summed E-state index contributed by atoms with van der Waals surface area (Å²) >= 11 is 0. The highest BCUT2D eigenvalue weighted by molar-refractivity contribution is 5.22. The Kier molecular flexibility index (Phi) is 3.89. The number of hydrogen-bond donors (Lipinski definition) is 1. The molecule has 0 radical (unpaired) electrons. The molecule has 2 N–H and O–H groups in total. The van der Waals surface area contributed by atoms with E-state index in [-0.39, 0.29) is 6.04 Å². The molecule has 0 spiro atoms. The molecule has 0 saturated heterocycles. The van der Waals surface area contributed by atoms with Crippen molar-refractivity contribution in [3.8, 4) is 5.75 Å². The van der Waals surface area contributed by atoms with Crippen LogP contribution in [-0.4, -0.2) is 9.97 Å². The van der Waals surface area contributed by atoms with Gasteiger partial charge in [0.2, 0.25) is 0 Å². The van der Waals surface area contributed by atoms with Gasteiger partial charge in [-0.2, -0.15) is 0 Å². The number of nitrogens with two attached hydrogens (primary N) is 1. The molecule has 0 bridgehead atoms. The number of aromatic nitrogens is 2. The van der Waals surface area contributed by atoms with Crippen LogP contribution >= 0.6 is 0 Å². The van der Waals surface area contributed by atoms with Crippen LogP contribution in [0.15, 0.2) is 36.5 Å². The van der Waals surface area contributed by atoms with Crippen molar-refractivity contribution in [2.75, 3.05) is 0 Å². The summed E-state index contributed by atoms with van der Waals surface area (Å²) in [5, 5.41) is 0. The Bertz CT molecular complexity index is 512. The van der Waals surface area contributed by atoms with Crippen LogP contribution in [0.4, 0.5) is 0 Å². The number of nitrogens with zero attached hydrogens (tertiary/aromatic N) is 2. The second-order valence-electron chi connectivity index (χ2n) is 4.22. The SMILES string of the molecule is Cc1nc(COc2ccccc2)ncc1[C@@H](C)N. The summed E-state index contributed by atoms with van der Waals surface area (Å²) < 4.78 is 5.59. The number of rotatable bonds is 4. The molecule has 0 saturated carbocycles. The van der Waals surface area contributed by atoms with Gasteiger partial charge in [0.25, 0.3) is 0 Å². The molecule has 2 aromatic rings. The van der Waals surface area contributed by atoms with Crippen molar-refractivity contribution in [2.24, 2.45) is 5.73 Å². The Morgan fingerprint density at radius 1 is 1.28 bits per heavy atom. The summed E-state index contributed by atoms with van der Waals surface area (Å²) in [5.74, 6) is 1.48. The summed E-state index contributed by atoms with van der Waals surface area (Å²) in [4.78, 5) is 8.65. The lowest BCUT2D eigenvalue weighted by atomic mass is 10.1. The standard InChI is InChI=1S/C14H17N3O/c1-10(15)13-8-16-14(17-11(13)2)9-18-12-6-4-3-5-7-12/h3-8,10H,9,15H2,1-2H3/t10-/m1/s1. The third-order valence-corrected chi connectivity index (χ3v) is 2.67. The minimum atomic E-state index is -0.0471. The molecule has 0 amide bonds.